The van der Waals surface area contributed by atoms with Crippen LogP contribution in [0.25, 0.3) is 4.96 Å². The van der Waals surface area contributed by atoms with Crippen molar-refractivity contribution in [2.24, 2.45) is 0 Å². The topological polar surface area (TPSA) is 60.4 Å². The van der Waals surface area contributed by atoms with Gasteiger partial charge in [0.15, 0.2) is 4.96 Å². The Morgan fingerprint density at radius 1 is 1.33 bits per heavy atom. The fourth-order valence-corrected chi connectivity index (χ4v) is 3.86. The predicted molar refractivity (Wildman–Crippen MR) is 89.2 cm³/mol. The van der Waals surface area contributed by atoms with Gasteiger partial charge in [-0.3, -0.25) is 9.20 Å². The van der Waals surface area contributed by atoms with E-state index in [0.29, 0.717) is 5.75 Å². The van der Waals surface area contributed by atoms with Crippen molar-refractivity contribution < 1.29 is 0 Å². The number of nitrogens with zero attached hydrogens (tertiary/aromatic N) is 2. The second kappa shape index (κ2) is 5.54. The Bertz CT molecular complexity index is 867. The van der Waals surface area contributed by atoms with E-state index in [2.05, 4.69) is 4.98 Å². The van der Waals surface area contributed by atoms with E-state index in [1.54, 1.807) is 22.2 Å². The maximum absolute atomic E-state index is 12.1. The van der Waals surface area contributed by atoms with Crippen LogP contribution in [-0.4, -0.2) is 9.38 Å². The fourth-order valence-electron chi connectivity index (χ4n) is 2.13. The highest BCUT2D eigenvalue weighted by molar-refractivity contribution is 7.98. The predicted octanol–water partition coefficient (Wildman–Crippen LogP) is 3.25. The lowest BCUT2D eigenvalue weighted by Crippen LogP contribution is -2.14. The zero-order chi connectivity index (χ0) is 15.0. The standard InChI is InChI=1S/C15H15N3OS2/c1-9-3-4-13(12(16)5-9)20-8-11-6-14(19)18-10(2)7-21-15(18)17-11/h3-7H,8,16H2,1-2H3. The first-order chi connectivity index (χ1) is 10.0. The highest BCUT2D eigenvalue weighted by Gasteiger charge is 2.08. The van der Waals surface area contributed by atoms with Crippen LogP contribution in [0.1, 0.15) is 17.0 Å². The van der Waals surface area contributed by atoms with Crippen molar-refractivity contribution in [3.8, 4) is 0 Å². The monoisotopic (exact) mass is 317 g/mol. The van der Waals surface area contributed by atoms with Gasteiger partial charge < -0.3 is 5.73 Å². The third-order valence-electron chi connectivity index (χ3n) is 3.17. The number of aryl methyl sites for hydroxylation is 2. The molecule has 1 aromatic carbocycles. The Labute approximate surface area is 130 Å². The SMILES string of the molecule is Cc1ccc(SCc2cc(=O)n3c(C)csc3n2)c(N)c1. The van der Waals surface area contributed by atoms with Gasteiger partial charge in [-0.2, -0.15) is 0 Å². The van der Waals surface area contributed by atoms with Crippen LogP contribution in [0.15, 0.2) is 39.3 Å². The Morgan fingerprint density at radius 3 is 2.90 bits per heavy atom. The molecule has 0 amide bonds. The quantitative estimate of drug-likeness (QED) is 0.595. The lowest BCUT2D eigenvalue weighted by atomic mass is 10.2. The van der Waals surface area contributed by atoms with Gasteiger partial charge in [0.2, 0.25) is 0 Å². The van der Waals surface area contributed by atoms with Crippen molar-refractivity contribution in [1.82, 2.24) is 9.38 Å². The zero-order valence-electron chi connectivity index (χ0n) is 11.8. The van der Waals surface area contributed by atoms with E-state index >= 15 is 0 Å². The number of nitrogens with two attached hydrogens (primary N) is 1. The summed E-state index contributed by atoms with van der Waals surface area (Å²) in [5.41, 5.74) is 9.60. The molecule has 0 atom stereocenters. The van der Waals surface area contributed by atoms with Gasteiger partial charge in [0.1, 0.15) is 0 Å². The van der Waals surface area contributed by atoms with Gasteiger partial charge in [-0.15, -0.1) is 23.1 Å². The first-order valence-electron chi connectivity index (χ1n) is 6.50. The first kappa shape index (κ1) is 14.2. The van der Waals surface area contributed by atoms with Gasteiger partial charge in [0.25, 0.3) is 5.56 Å². The molecular formula is C15H15N3OS2. The second-order valence-corrected chi connectivity index (χ2v) is 6.76. The molecule has 4 nitrogen and oxygen atoms in total. The van der Waals surface area contributed by atoms with Gasteiger partial charge in [0.05, 0.1) is 5.69 Å². The number of aromatic nitrogens is 2. The van der Waals surface area contributed by atoms with E-state index < -0.39 is 0 Å². The molecule has 6 heteroatoms. The Kier molecular flexibility index (Phi) is 3.73. The van der Waals surface area contributed by atoms with Crippen LogP contribution in [0, 0.1) is 13.8 Å². The van der Waals surface area contributed by atoms with E-state index in [1.165, 1.54) is 11.3 Å². The second-order valence-electron chi connectivity index (χ2n) is 4.91. The number of thiazole rings is 1. The molecule has 0 saturated heterocycles. The third kappa shape index (κ3) is 2.82. The highest BCUT2D eigenvalue weighted by Crippen LogP contribution is 2.28. The van der Waals surface area contributed by atoms with Crippen molar-refractivity contribution >= 4 is 33.7 Å². The van der Waals surface area contributed by atoms with Crippen LogP contribution in [0.3, 0.4) is 0 Å². The van der Waals surface area contributed by atoms with Crippen LogP contribution < -0.4 is 11.3 Å². The number of nitrogen functional groups attached to an aromatic ring is 1. The van der Waals surface area contributed by atoms with Crippen LogP contribution in [-0.2, 0) is 5.75 Å². The van der Waals surface area contributed by atoms with Crippen molar-refractivity contribution in [3.63, 3.8) is 0 Å². The largest absolute Gasteiger partial charge is 0.398 e. The van der Waals surface area contributed by atoms with E-state index in [9.17, 15) is 4.79 Å². The maximum Gasteiger partial charge on any atom is 0.258 e. The third-order valence-corrected chi connectivity index (χ3v) is 5.24. The molecule has 3 aromatic rings. The number of fused-ring (bicyclic) bond motifs is 1. The summed E-state index contributed by atoms with van der Waals surface area (Å²) in [7, 11) is 0. The number of thioether (sulfide) groups is 1. The minimum atomic E-state index is -0.0220. The Balaban J connectivity index is 1.87. The maximum atomic E-state index is 12.1. The lowest BCUT2D eigenvalue weighted by Gasteiger charge is -2.06. The molecule has 0 aliphatic carbocycles. The zero-order valence-corrected chi connectivity index (χ0v) is 13.4. The molecule has 0 fully saturated rings. The van der Waals surface area contributed by atoms with Crippen molar-refractivity contribution in [2.75, 3.05) is 5.73 Å². The molecule has 108 valence electrons. The molecule has 3 rings (SSSR count). The summed E-state index contributed by atoms with van der Waals surface area (Å²) in [4.78, 5) is 18.4. The number of anilines is 1. The molecule has 2 N–H and O–H groups in total. The number of benzene rings is 1. The van der Waals surface area contributed by atoms with E-state index in [0.717, 1.165) is 32.5 Å². The smallest absolute Gasteiger partial charge is 0.258 e. The van der Waals surface area contributed by atoms with E-state index in [1.807, 2.05) is 37.4 Å². The summed E-state index contributed by atoms with van der Waals surface area (Å²) < 4.78 is 1.64. The molecule has 21 heavy (non-hydrogen) atoms. The molecule has 0 bridgehead atoms. The minimum Gasteiger partial charge on any atom is -0.398 e. The summed E-state index contributed by atoms with van der Waals surface area (Å²) in [5.74, 6) is 0.635. The van der Waals surface area contributed by atoms with Crippen LogP contribution in [0.2, 0.25) is 0 Å². The van der Waals surface area contributed by atoms with Gasteiger partial charge in [-0.05, 0) is 31.5 Å². The summed E-state index contributed by atoms with van der Waals surface area (Å²) in [6.07, 6.45) is 0. The van der Waals surface area contributed by atoms with E-state index in [-0.39, 0.29) is 5.56 Å². The molecule has 2 heterocycles. The number of hydrogen-bond donors (Lipinski definition) is 1. The summed E-state index contributed by atoms with van der Waals surface area (Å²) in [6, 6.07) is 7.60. The molecule has 0 saturated carbocycles. The summed E-state index contributed by atoms with van der Waals surface area (Å²) in [5, 5.41) is 1.94. The average Bonchev–Trinajstić information content (AvgIpc) is 2.80. The number of rotatable bonds is 3. The minimum absolute atomic E-state index is 0.0220. The average molecular weight is 317 g/mol. The lowest BCUT2D eigenvalue weighted by molar-refractivity contribution is 0.997. The van der Waals surface area contributed by atoms with Crippen molar-refractivity contribution in [3.05, 3.63) is 57.0 Å². The Morgan fingerprint density at radius 2 is 2.14 bits per heavy atom. The molecule has 0 unspecified atom stereocenters. The van der Waals surface area contributed by atoms with Crippen LogP contribution >= 0.6 is 23.1 Å². The summed E-state index contributed by atoms with van der Waals surface area (Å²) >= 11 is 3.09. The van der Waals surface area contributed by atoms with E-state index in [4.69, 9.17) is 5.73 Å². The molecule has 0 radical (unpaired) electrons. The van der Waals surface area contributed by atoms with Crippen molar-refractivity contribution in [1.29, 1.82) is 0 Å². The summed E-state index contributed by atoms with van der Waals surface area (Å²) in [6.45, 7) is 3.92. The van der Waals surface area contributed by atoms with Crippen LogP contribution in [0.4, 0.5) is 5.69 Å². The van der Waals surface area contributed by atoms with Gasteiger partial charge in [-0.1, -0.05) is 6.07 Å². The van der Waals surface area contributed by atoms with Gasteiger partial charge >= 0.3 is 0 Å². The van der Waals surface area contributed by atoms with Gasteiger partial charge in [-0.25, -0.2) is 4.98 Å². The highest BCUT2D eigenvalue weighted by atomic mass is 32.2. The Hall–Kier alpha value is -1.79. The normalized spacial score (nSPS) is 11.1. The van der Waals surface area contributed by atoms with Gasteiger partial charge in [0, 0.05) is 33.5 Å². The fraction of sp³-hybridized carbons (Fsp3) is 0.200. The molecule has 2 aromatic heterocycles. The molecule has 0 aliphatic heterocycles. The first-order valence-corrected chi connectivity index (χ1v) is 8.37. The molecular weight excluding hydrogens is 302 g/mol. The number of hydrogen-bond acceptors (Lipinski definition) is 5. The molecule has 0 aliphatic rings. The molecule has 0 spiro atoms. The van der Waals surface area contributed by atoms with Crippen molar-refractivity contribution in [2.45, 2.75) is 24.5 Å². The van der Waals surface area contributed by atoms with Crippen LogP contribution in [0.5, 0.6) is 0 Å².